The minimum Gasteiger partial charge on any atom is -0.381 e. The number of ether oxygens (including phenoxy) is 1. The molecule has 1 amide bonds. The number of hydrogen-bond acceptors (Lipinski definition) is 3. The molecule has 1 aromatic rings. The molecule has 1 atom stereocenters. The second-order valence-corrected chi connectivity index (χ2v) is 8.08. The van der Waals surface area contributed by atoms with Gasteiger partial charge in [-0.15, -0.1) is 0 Å². The average Bonchev–Trinajstić information content (AvgIpc) is 2.98. The Hall–Kier alpha value is -1.39. The van der Waals surface area contributed by atoms with Crippen LogP contribution in [0.4, 0.5) is 0 Å². The van der Waals surface area contributed by atoms with Gasteiger partial charge in [0.1, 0.15) is 0 Å². The second-order valence-electron chi connectivity index (χ2n) is 8.08. The summed E-state index contributed by atoms with van der Waals surface area (Å²) in [5.41, 5.74) is 8.82. The van der Waals surface area contributed by atoms with Crippen molar-refractivity contribution in [3.63, 3.8) is 0 Å². The van der Waals surface area contributed by atoms with Gasteiger partial charge in [-0.05, 0) is 54.2 Å². The molecule has 0 saturated carbocycles. The molecule has 2 fully saturated rings. The monoisotopic (exact) mass is 344 g/mol. The van der Waals surface area contributed by atoms with Gasteiger partial charge in [0.2, 0.25) is 5.91 Å². The van der Waals surface area contributed by atoms with E-state index in [1.54, 1.807) is 0 Å². The van der Waals surface area contributed by atoms with Gasteiger partial charge in [0.25, 0.3) is 0 Å². The standard InChI is InChI=1S/C21H32N2O2/c1-16(2)18-6-3-17(4-7-18)5-8-20(24)23-14-19(13-22)21(15-23)9-11-25-12-10-21/h3-4,6-7,16,19H,5,8-15,22H2,1-2H3. The van der Waals surface area contributed by atoms with Crippen LogP contribution >= 0.6 is 0 Å². The summed E-state index contributed by atoms with van der Waals surface area (Å²) in [6.45, 7) is 8.37. The molecule has 4 nitrogen and oxygen atoms in total. The summed E-state index contributed by atoms with van der Waals surface area (Å²) in [5.74, 6) is 1.24. The predicted molar refractivity (Wildman–Crippen MR) is 100 cm³/mol. The summed E-state index contributed by atoms with van der Waals surface area (Å²) in [5, 5.41) is 0. The zero-order valence-electron chi connectivity index (χ0n) is 15.7. The van der Waals surface area contributed by atoms with Crippen LogP contribution in [0.2, 0.25) is 0 Å². The van der Waals surface area contributed by atoms with Crippen LogP contribution in [0.5, 0.6) is 0 Å². The summed E-state index contributed by atoms with van der Waals surface area (Å²) >= 11 is 0. The van der Waals surface area contributed by atoms with Gasteiger partial charge in [-0.2, -0.15) is 0 Å². The van der Waals surface area contributed by atoms with E-state index >= 15 is 0 Å². The number of likely N-dealkylation sites (tertiary alicyclic amines) is 1. The smallest absolute Gasteiger partial charge is 0.222 e. The van der Waals surface area contributed by atoms with Crippen molar-refractivity contribution >= 4 is 5.91 Å². The van der Waals surface area contributed by atoms with E-state index in [1.165, 1.54) is 11.1 Å². The number of carbonyl (C=O) groups excluding carboxylic acids is 1. The number of rotatable bonds is 5. The lowest BCUT2D eigenvalue weighted by molar-refractivity contribution is -0.130. The predicted octanol–water partition coefficient (Wildman–Crippen LogP) is 2.96. The number of nitrogens with zero attached hydrogens (tertiary/aromatic N) is 1. The SMILES string of the molecule is CC(C)c1ccc(CCC(=O)N2CC(CN)C3(CCOCC3)C2)cc1. The number of carbonyl (C=O) groups is 1. The Morgan fingerprint density at radius 2 is 1.96 bits per heavy atom. The summed E-state index contributed by atoms with van der Waals surface area (Å²) in [4.78, 5) is 14.8. The molecule has 1 spiro atoms. The van der Waals surface area contributed by atoms with Crippen molar-refractivity contribution in [2.24, 2.45) is 17.1 Å². The lowest BCUT2D eigenvalue weighted by atomic mass is 9.72. The fourth-order valence-corrected chi connectivity index (χ4v) is 4.37. The van der Waals surface area contributed by atoms with Gasteiger partial charge in [0.15, 0.2) is 0 Å². The van der Waals surface area contributed by atoms with Crippen LogP contribution in [0.15, 0.2) is 24.3 Å². The van der Waals surface area contributed by atoms with E-state index in [0.717, 1.165) is 45.6 Å². The second kappa shape index (κ2) is 7.88. The van der Waals surface area contributed by atoms with Crippen molar-refractivity contribution in [2.45, 2.75) is 45.4 Å². The Kier molecular flexibility index (Phi) is 5.80. The first-order valence-electron chi connectivity index (χ1n) is 9.68. The molecule has 0 radical (unpaired) electrons. The van der Waals surface area contributed by atoms with Crippen molar-refractivity contribution in [3.05, 3.63) is 35.4 Å². The topological polar surface area (TPSA) is 55.6 Å². The molecule has 0 aliphatic carbocycles. The van der Waals surface area contributed by atoms with Gasteiger partial charge in [0.05, 0.1) is 0 Å². The molecule has 0 bridgehead atoms. The van der Waals surface area contributed by atoms with Gasteiger partial charge in [-0.1, -0.05) is 38.1 Å². The highest BCUT2D eigenvalue weighted by molar-refractivity contribution is 5.77. The summed E-state index contributed by atoms with van der Waals surface area (Å²) in [7, 11) is 0. The zero-order valence-corrected chi connectivity index (χ0v) is 15.7. The van der Waals surface area contributed by atoms with Crippen LogP contribution in [0.3, 0.4) is 0 Å². The van der Waals surface area contributed by atoms with Crippen molar-refractivity contribution in [1.29, 1.82) is 0 Å². The molecule has 2 N–H and O–H groups in total. The van der Waals surface area contributed by atoms with Crippen LogP contribution < -0.4 is 5.73 Å². The molecule has 2 heterocycles. The maximum atomic E-state index is 12.7. The van der Waals surface area contributed by atoms with Gasteiger partial charge < -0.3 is 15.4 Å². The Labute approximate surface area is 151 Å². The minimum atomic E-state index is 0.196. The molecule has 2 aliphatic heterocycles. The zero-order chi connectivity index (χ0) is 17.9. The number of hydrogen-bond donors (Lipinski definition) is 1. The molecule has 3 rings (SSSR count). The normalized spacial score (nSPS) is 22.7. The lowest BCUT2D eigenvalue weighted by Crippen LogP contribution is -2.40. The maximum Gasteiger partial charge on any atom is 0.222 e. The Balaban J connectivity index is 1.56. The number of amides is 1. The Bertz CT molecular complexity index is 576. The summed E-state index contributed by atoms with van der Waals surface area (Å²) in [6, 6.07) is 8.69. The minimum absolute atomic E-state index is 0.196. The van der Waals surface area contributed by atoms with Gasteiger partial charge in [-0.25, -0.2) is 0 Å². The van der Waals surface area contributed by atoms with Crippen LogP contribution in [-0.2, 0) is 16.0 Å². The third kappa shape index (κ3) is 4.06. The van der Waals surface area contributed by atoms with Crippen LogP contribution in [0.1, 0.15) is 50.2 Å². The van der Waals surface area contributed by atoms with E-state index in [1.807, 2.05) is 0 Å². The third-order valence-corrected chi connectivity index (χ3v) is 6.21. The molecule has 0 aromatic heterocycles. The summed E-state index contributed by atoms with van der Waals surface area (Å²) in [6.07, 6.45) is 3.48. The van der Waals surface area contributed by atoms with Crippen molar-refractivity contribution in [1.82, 2.24) is 4.90 Å². The quantitative estimate of drug-likeness (QED) is 0.893. The van der Waals surface area contributed by atoms with Gasteiger partial charge in [-0.3, -0.25) is 4.79 Å². The Morgan fingerprint density at radius 3 is 2.56 bits per heavy atom. The molecule has 4 heteroatoms. The third-order valence-electron chi connectivity index (χ3n) is 6.21. The molecule has 138 valence electrons. The fraction of sp³-hybridized carbons (Fsp3) is 0.667. The molecule has 2 saturated heterocycles. The molecular formula is C21H32N2O2. The number of nitrogens with two attached hydrogens (primary N) is 1. The number of benzene rings is 1. The number of aryl methyl sites for hydroxylation is 1. The fourth-order valence-electron chi connectivity index (χ4n) is 4.37. The van der Waals surface area contributed by atoms with Gasteiger partial charge >= 0.3 is 0 Å². The van der Waals surface area contributed by atoms with E-state index in [4.69, 9.17) is 10.5 Å². The van der Waals surface area contributed by atoms with Crippen LogP contribution in [0, 0.1) is 11.3 Å². The van der Waals surface area contributed by atoms with Crippen molar-refractivity contribution in [2.75, 3.05) is 32.8 Å². The molecule has 25 heavy (non-hydrogen) atoms. The first-order valence-corrected chi connectivity index (χ1v) is 9.68. The van der Waals surface area contributed by atoms with Crippen LogP contribution in [0.25, 0.3) is 0 Å². The molecule has 1 aromatic carbocycles. The average molecular weight is 344 g/mol. The van der Waals surface area contributed by atoms with Crippen molar-refractivity contribution < 1.29 is 9.53 Å². The summed E-state index contributed by atoms with van der Waals surface area (Å²) < 4.78 is 5.53. The molecular weight excluding hydrogens is 312 g/mol. The first-order chi connectivity index (χ1) is 12.0. The largest absolute Gasteiger partial charge is 0.381 e. The van der Waals surface area contributed by atoms with Crippen LogP contribution in [-0.4, -0.2) is 43.7 Å². The van der Waals surface area contributed by atoms with E-state index < -0.39 is 0 Å². The van der Waals surface area contributed by atoms with E-state index in [-0.39, 0.29) is 11.3 Å². The lowest BCUT2D eigenvalue weighted by Gasteiger charge is -2.37. The highest BCUT2D eigenvalue weighted by Crippen LogP contribution is 2.43. The Morgan fingerprint density at radius 1 is 1.28 bits per heavy atom. The van der Waals surface area contributed by atoms with Crippen molar-refractivity contribution in [3.8, 4) is 0 Å². The first kappa shape index (κ1) is 18.4. The van der Waals surface area contributed by atoms with E-state index in [0.29, 0.717) is 24.8 Å². The van der Waals surface area contributed by atoms with E-state index in [2.05, 4.69) is 43.0 Å². The highest BCUT2D eigenvalue weighted by atomic mass is 16.5. The highest BCUT2D eigenvalue weighted by Gasteiger charge is 2.47. The maximum absolute atomic E-state index is 12.7. The molecule has 2 aliphatic rings. The van der Waals surface area contributed by atoms with E-state index in [9.17, 15) is 4.79 Å². The van der Waals surface area contributed by atoms with Gasteiger partial charge in [0, 0.05) is 32.7 Å². The molecule has 1 unspecified atom stereocenters.